The van der Waals surface area contributed by atoms with Crippen LogP contribution in [0.5, 0.6) is 11.5 Å². The maximum absolute atomic E-state index is 9.45. The zero-order valence-corrected chi connectivity index (χ0v) is 10.7. The van der Waals surface area contributed by atoms with Crippen LogP contribution in [0.2, 0.25) is 0 Å². The van der Waals surface area contributed by atoms with E-state index in [0.29, 0.717) is 5.92 Å². The highest BCUT2D eigenvalue weighted by Crippen LogP contribution is 2.25. The molecule has 1 fully saturated rings. The van der Waals surface area contributed by atoms with Crippen LogP contribution in [0.4, 0.5) is 0 Å². The quantitative estimate of drug-likeness (QED) is 0.767. The van der Waals surface area contributed by atoms with E-state index in [9.17, 15) is 10.2 Å². The van der Waals surface area contributed by atoms with Gasteiger partial charge in [-0.25, -0.2) is 0 Å². The second-order valence-corrected chi connectivity index (χ2v) is 5.00. The molecule has 0 spiro atoms. The molecule has 0 amide bonds. The Hall–Kier alpha value is -1.26. The lowest BCUT2D eigenvalue weighted by Crippen LogP contribution is -2.30. The van der Waals surface area contributed by atoms with Crippen molar-refractivity contribution in [1.82, 2.24) is 5.32 Å². The number of nitrogens with one attached hydrogen (secondary N) is 1. The summed E-state index contributed by atoms with van der Waals surface area (Å²) in [5.41, 5.74) is 0.893. The molecule has 1 saturated heterocycles. The Morgan fingerprint density at radius 2 is 2.06 bits per heavy atom. The average Bonchev–Trinajstić information content (AvgIpc) is 2.36. The largest absolute Gasteiger partial charge is 0.508 e. The molecule has 2 unspecified atom stereocenters. The van der Waals surface area contributed by atoms with E-state index in [4.69, 9.17) is 4.74 Å². The van der Waals surface area contributed by atoms with Gasteiger partial charge in [0.1, 0.15) is 11.5 Å². The van der Waals surface area contributed by atoms with Crippen molar-refractivity contribution >= 4 is 0 Å². The molecule has 0 saturated carbocycles. The van der Waals surface area contributed by atoms with Gasteiger partial charge >= 0.3 is 0 Å². The Labute approximate surface area is 108 Å². The molecule has 1 aliphatic heterocycles. The Kier molecular flexibility index (Phi) is 4.44. The van der Waals surface area contributed by atoms with Crippen LogP contribution in [0.15, 0.2) is 18.2 Å². The van der Waals surface area contributed by atoms with Crippen molar-refractivity contribution in [3.05, 3.63) is 23.8 Å². The average molecular weight is 251 g/mol. The van der Waals surface area contributed by atoms with Gasteiger partial charge in [0.05, 0.1) is 6.61 Å². The van der Waals surface area contributed by atoms with E-state index in [2.05, 4.69) is 5.32 Å². The topological polar surface area (TPSA) is 61.7 Å². The summed E-state index contributed by atoms with van der Waals surface area (Å²) in [6, 6.07) is 4.79. The summed E-state index contributed by atoms with van der Waals surface area (Å²) >= 11 is 0. The normalized spacial score (nSPS) is 21.7. The van der Waals surface area contributed by atoms with Gasteiger partial charge in [-0.1, -0.05) is 0 Å². The van der Waals surface area contributed by atoms with E-state index in [1.807, 2.05) is 6.92 Å². The van der Waals surface area contributed by atoms with E-state index < -0.39 is 0 Å². The summed E-state index contributed by atoms with van der Waals surface area (Å²) in [7, 11) is 0. The van der Waals surface area contributed by atoms with Crippen molar-refractivity contribution in [3.63, 3.8) is 0 Å². The van der Waals surface area contributed by atoms with Crippen LogP contribution in [0, 0.1) is 5.92 Å². The minimum atomic E-state index is 0.0969. The predicted molar refractivity (Wildman–Crippen MR) is 69.7 cm³/mol. The molecule has 2 atom stereocenters. The number of hydrogen-bond donors (Lipinski definition) is 3. The van der Waals surface area contributed by atoms with Crippen molar-refractivity contribution < 1.29 is 14.9 Å². The Morgan fingerprint density at radius 3 is 2.67 bits per heavy atom. The molecule has 0 aliphatic carbocycles. The summed E-state index contributed by atoms with van der Waals surface area (Å²) in [6.07, 6.45) is 2.33. The zero-order chi connectivity index (χ0) is 13.0. The van der Waals surface area contributed by atoms with Crippen molar-refractivity contribution in [2.45, 2.75) is 25.8 Å². The lowest BCUT2D eigenvalue weighted by Gasteiger charge is -2.24. The van der Waals surface area contributed by atoms with E-state index in [1.165, 1.54) is 12.5 Å². The smallest absolute Gasteiger partial charge is 0.119 e. The minimum absolute atomic E-state index is 0.0969. The van der Waals surface area contributed by atoms with Gasteiger partial charge < -0.3 is 20.3 Å². The zero-order valence-electron chi connectivity index (χ0n) is 10.7. The third kappa shape index (κ3) is 3.62. The summed E-state index contributed by atoms with van der Waals surface area (Å²) < 4.78 is 5.44. The molecule has 1 aromatic rings. The van der Waals surface area contributed by atoms with Gasteiger partial charge in [-0.3, -0.25) is 0 Å². The van der Waals surface area contributed by atoms with Crippen LogP contribution in [0.3, 0.4) is 0 Å². The van der Waals surface area contributed by atoms with Crippen LogP contribution in [-0.4, -0.2) is 30.0 Å². The molecule has 4 heteroatoms. The number of ether oxygens (including phenoxy) is 1. The molecule has 100 valence electrons. The summed E-state index contributed by atoms with van der Waals surface area (Å²) in [6.45, 7) is 4.63. The third-order valence-corrected chi connectivity index (χ3v) is 3.39. The molecule has 1 aliphatic rings. The molecule has 4 nitrogen and oxygen atoms in total. The molecule has 18 heavy (non-hydrogen) atoms. The number of rotatable bonds is 4. The Morgan fingerprint density at radius 1 is 1.33 bits per heavy atom. The first kappa shape index (κ1) is 13.2. The molecule has 0 radical (unpaired) electrons. The molecular weight excluding hydrogens is 230 g/mol. The van der Waals surface area contributed by atoms with Gasteiger partial charge in [0.25, 0.3) is 0 Å². The summed E-state index contributed by atoms with van der Waals surface area (Å²) in [5, 5.41) is 22.3. The second-order valence-electron chi connectivity index (χ2n) is 5.00. The fourth-order valence-electron chi connectivity index (χ4n) is 2.30. The molecule has 1 heterocycles. The Balaban J connectivity index is 1.88. The van der Waals surface area contributed by atoms with Crippen LogP contribution in [-0.2, 0) is 4.74 Å². The monoisotopic (exact) mass is 251 g/mol. The molecule has 2 rings (SSSR count). The van der Waals surface area contributed by atoms with Gasteiger partial charge in [0.15, 0.2) is 0 Å². The molecule has 0 aromatic heterocycles. The molecule has 0 bridgehead atoms. The number of benzene rings is 1. The lowest BCUT2D eigenvalue weighted by molar-refractivity contribution is 0.0540. The minimum Gasteiger partial charge on any atom is -0.508 e. The highest BCUT2D eigenvalue weighted by atomic mass is 16.5. The third-order valence-electron chi connectivity index (χ3n) is 3.39. The van der Waals surface area contributed by atoms with Crippen LogP contribution in [0.1, 0.15) is 31.4 Å². The van der Waals surface area contributed by atoms with Crippen LogP contribution in [0.25, 0.3) is 0 Å². The second kappa shape index (κ2) is 6.07. The predicted octanol–water partition coefficient (Wildman–Crippen LogP) is 2.17. The first-order chi connectivity index (χ1) is 8.65. The fraction of sp³-hybridized carbons (Fsp3) is 0.571. The van der Waals surface area contributed by atoms with Gasteiger partial charge in [0.2, 0.25) is 0 Å². The number of phenols is 2. The van der Waals surface area contributed by atoms with E-state index in [-0.39, 0.29) is 17.5 Å². The van der Waals surface area contributed by atoms with Crippen molar-refractivity contribution in [2.75, 3.05) is 19.8 Å². The van der Waals surface area contributed by atoms with E-state index in [1.54, 1.807) is 12.1 Å². The van der Waals surface area contributed by atoms with E-state index >= 15 is 0 Å². The molecule has 1 aromatic carbocycles. The highest BCUT2D eigenvalue weighted by Gasteiger charge is 2.15. The summed E-state index contributed by atoms with van der Waals surface area (Å²) in [5.74, 6) is 0.756. The number of hydrogen-bond acceptors (Lipinski definition) is 4. The lowest BCUT2D eigenvalue weighted by atomic mass is 10.0. The molecule has 3 N–H and O–H groups in total. The number of aromatic hydroxyl groups is 2. The SMILES string of the molecule is CC(NCC1CCCOC1)c1cc(O)cc(O)c1. The fourth-order valence-corrected chi connectivity index (χ4v) is 2.30. The maximum atomic E-state index is 9.45. The van der Waals surface area contributed by atoms with Gasteiger partial charge in [-0.15, -0.1) is 0 Å². The van der Waals surface area contributed by atoms with E-state index in [0.717, 1.165) is 31.7 Å². The Bertz CT molecular complexity index is 368. The van der Waals surface area contributed by atoms with Gasteiger partial charge in [0, 0.05) is 25.3 Å². The first-order valence-corrected chi connectivity index (χ1v) is 6.49. The first-order valence-electron chi connectivity index (χ1n) is 6.49. The van der Waals surface area contributed by atoms with Gasteiger partial charge in [-0.2, -0.15) is 0 Å². The van der Waals surface area contributed by atoms with Crippen molar-refractivity contribution in [3.8, 4) is 11.5 Å². The summed E-state index contributed by atoms with van der Waals surface area (Å²) in [4.78, 5) is 0. The number of phenolic OH excluding ortho intramolecular Hbond substituents is 2. The maximum Gasteiger partial charge on any atom is 0.119 e. The van der Waals surface area contributed by atoms with Crippen LogP contribution < -0.4 is 5.32 Å². The highest BCUT2D eigenvalue weighted by molar-refractivity contribution is 5.37. The molecular formula is C14H21NO3. The van der Waals surface area contributed by atoms with Crippen molar-refractivity contribution in [2.24, 2.45) is 5.92 Å². The van der Waals surface area contributed by atoms with Gasteiger partial charge in [-0.05, 0) is 43.4 Å². The standard InChI is InChI=1S/C14H21NO3/c1-10(12-5-13(16)7-14(17)6-12)15-8-11-3-2-4-18-9-11/h5-7,10-11,15-17H,2-4,8-9H2,1H3. The van der Waals surface area contributed by atoms with Crippen molar-refractivity contribution in [1.29, 1.82) is 0 Å². The van der Waals surface area contributed by atoms with Crippen LogP contribution >= 0.6 is 0 Å².